The van der Waals surface area contributed by atoms with E-state index in [0.29, 0.717) is 0 Å². The molecule has 0 saturated heterocycles. The Balaban J connectivity index is 4.20. The van der Waals surface area contributed by atoms with Gasteiger partial charge < -0.3 is 10.1 Å². The van der Waals surface area contributed by atoms with Crippen molar-refractivity contribution < 1.29 is 14.3 Å². The number of esters is 1. The highest BCUT2D eigenvalue weighted by Crippen LogP contribution is 2.05. The van der Waals surface area contributed by atoms with Crippen LogP contribution in [-0.2, 0) is 14.3 Å². The van der Waals surface area contributed by atoms with Gasteiger partial charge in [0.2, 0.25) is 5.91 Å². The minimum Gasteiger partial charge on any atom is -0.463 e. The summed E-state index contributed by atoms with van der Waals surface area (Å²) in [7, 11) is 0. The van der Waals surface area contributed by atoms with Gasteiger partial charge in [0.25, 0.3) is 0 Å². The second-order valence-electron chi connectivity index (χ2n) is 3.36. The van der Waals surface area contributed by atoms with Crippen LogP contribution >= 0.6 is 0 Å². The quantitative estimate of drug-likeness (QED) is 0.407. The van der Waals surface area contributed by atoms with Crippen molar-refractivity contribution >= 4 is 11.9 Å². The Kier molecular flexibility index (Phi) is 5.10. The number of amides is 1. The predicted molar refractivity (Wildman–Crippen MR) is 53.6 cm³/mol. The molecule has 0 spiro atoms. The summed E-state index contributed by atoms with van der Waals surface area (Å²) in [4.78, 5) is 22.4. The molecule has 1 amide bonds. The minimum absolute atomic E-state index is 0.0305. The van der Waals surface area contributed by atoms with Crippen molar-refractivity contribution in [1.82, 2.24) is 5.32 Å². The second-order valence-corrected chi connectivity index (χ2v) is 3.36. The molecule has 0 aliphatic rings. The summed E-state index contributed by atoms with van der Waals surface area (Å²) in [6.07, 6.45) is 1.21. The lowest BCUT2D eigenvalue weighted by Gasteiger charge is -2.22. The summed E-state index contributed by atoms with van der Waals surface area (Å²) in [5.74, 6) is -1.02. The first kappa shape index (κ1) is 13.2. The zero-order chi connectivity index (χ0) is 11.9. The number of rotatable bonds is 5. The van der Waals surface area contributed by atoms with E-state index in [2.05, 4.69) is 11.9 Å². The number of nitrogens with zero attached hydrogens (tertiary/aromatic N) is 1. The Morgan fingerprint density at radius 1 is 1.60 bits per heavy atom. The molecule has 5 nitrogen and oxygen atoms in total. The van der Waals surface area contributed by atoms with Crippen molar-refractivity contribution in [3.8, 4) is 6.07 Å². The molecule has 0 aliphatic heterocycles. The summed E-state index contributed by atoms with van der Waals surface area (Å²) in [6, 6.07) is 1.85. The van der Waals surface area contributed by atoms with Crippen LogP contribution in [0, 0.1) is 11.3 Å². The normalized spacial score (nSPS) is 9.93. The first-order valence-electron chi connectivity index (χ1n) is 4.43. The van der Waals surface area contributed by atoms with E-state index in [-0.39, 0.29) is 13.0 Å². The number of ether oxygens (including phenoxy) is 1. The fraction of sp³-hybridized carbons (Fsp3) is 0.500. The number of nitriles is 1. The largest absolute Gasteiger partial charge is 0.463 e. The minimum atomic E-state index is -1.11. The first-order chi connectivity index (χ1) is 6.94. The number of carbonyl (C=O) groups excluding carboxylic acids is 2. The molecule has 0 aromatic rings. The smallest absolute Gasteiger partial charge is 0.331 e. The molecule has 1 N–H and O–H groups in total. The SMILES string of the molecule is C=CC(=O)NC(C)(C)C(=O)OCCC#N. The lowest BCUT2D eigenvalue weighted by molar-refractivity contribution is -0.151. The molecule has 0 fully saturated rings. The molecule has 0 heterocycles. The van der Waals surface area contributed by atoms with Crippen LogP contribution in [0.5, 0.6) is 0 Å². The van der Waals surface area contributed by atoms with Crippen LogP contribution in [-0.4, -0.2) is 24.0 Å². The Labute approximate surface area is 88.7 Å². The zero-order valence-corrected chi connectivity index (χ0v) is 8.87. The zero-order valence-electron chi connectivity index (χ0n) is 8.87. The van der Waals surface area contributed by atoms with Crippen LogP contribution in [0.2, 0.25) is 0 Å². The summed E-state index contributed by atoms with van der Waals surface area (Å²) >= 11 is 0. The van der Waals surface area contributed by atoms with E-state index >= 15 is 0 Å². The highest BCUT2D eigenvalue weighted by Gasteiger charge is 2.30. The third-order valence-electron chi connectivity index (χ3n) is 1.58. The number of hydrogen-bond acceptors (Lipinski definition) is 4. The topological polar surface area (TPSA) is 79.2 Å². The monoisotopic (exact) mass is 210 g/mol. The average Bonchev–Trinajstić information content (AvgIpc) is 2.17. The Hall–Kier alpha value is -1.83. The van der Waals surface area contributed by atoms with Gasteiger partial charge in [0.1, 0.15) is 12.1 Å². The van der Waals surface area contributed by atoms with Crippen LogP contribution in [0.25, 0.3) is 0 Å². The molecule has 0 rings (SSSR count). The molecule has 0 atom stereocenters. The molecule has 0 aromatic carbocycles. The highest BCUT2D eigenvalue weighted by molar-refractivity contribution is 5.92. The summed E-state index contributed by atoms with van der Waals surface area (Å²) in [5.41, 5.74) is -1.11. The third kappa shape index (κ3) is 4.81. The molecule has 82 valence electrons. The third-order valence-corrected chi connectivity index (χ3v) is 1.58. The van der Waals surface area contributed by atoms with E-state index in [0.717, 1.165) is 6.08 Å². The fourth-order valence-electron chi connectivity index (χ4n) is 0.780. The van der Waals surface area contributed by atoms with E-state index in [1.807, 2.05) is 6.07 Å². The lowest BCUT2D eigenvalue weighted by Crippen LogP contribution is -2.50. The Bertz CT molecular complexity index is 302. The molecule has 5 heteroatoms. The van der Waals surface area contributed by atoms with Crippen molar-refractivity contribution in [3.05, 3.63) is 12.7 Å². The molecule has 15 heavy (non-hydrogen) atoms. The van der Waals surface area contributed by atoms with Gasteiger partial charge in [0.15, 0.2) is 0 Å². The molecular formula is C10H14N2O3. The Morgan fingerprint density at radius 3 is 2.67 bits per heavy atom. The van der Waals surface area contributed by atoms with Gasteiger partial charge >= 0.3 is 5.97 Å². The van der Waals surface area contributed by atoms with E-state index in [9.17, 15) is 9.59 Å². The van der Waals surface area contributed by atoms with E-state index < -0.39 is 17.4 Å². The molecule has 0 radical (unpaired) electrons. The summed E-state index contributed by atoms with van der Waals surface area (Å²) in [5, 5.41) is 10.7. The second kappa shape index (κ2) is 5.81. The van der Waals surface area contributed by atoms with Crippen molar-refractivity contribution in [1.29, 1.82) is 5.26 Å². The van der Waals surface area contributed by atoms with Crippen LogP contribution in [0.1, 0.15) is 20.3 Å². The number of carbonyl (C=O) groups is 2. The maximum absolute atomic E-state index is 11.4. The Morgan fingerprint density at radius 2 is 2.20 bits per heavy atom. The van der Waals surface area contributed by atoms with Crippen molar-refractivity contribution in [2.45, 2.75) is 25.8 Å². The van der Waals surface area contributed by atoms with Gasteiger partial charge in [-0.15, -0.1) is 0 Å². The van der Waals surface area contributed by atoms with Crippen LogP contribution in [0.15, 0.2) is 12.7 Å². The molecule has 0 aromatic heterocycles. The van der Waals surface area contributed by atoms with Crippen LogP contribution < -0.4 is 5.32 Å². The van der Waals surface area contributed by atoms with E-state index in [1.54, 1.807) is 0 Å². The van der Waals surface area contributed by atoms with E-state index in [4.69, 9.17) is 10.00 Å². The maximum Gasteiger partial charge on any atom is 0.331 e. The van der Waals surface area contributed by atoms with Gasteiger partial charge in [0.05, 0.1) is 12.5 Å². The molecular weight excluding hydrogens is 196 g/mol. The standard InChI is InChI=1S/C10H14N2O3/c1-4-8(13)12-10(2,3)9(14)15-7-5-6-11/h4H,1,5,7H2,2-3H3,(H,12,13). The molecule has 0 unspecified atom stereocenters. The van der Waals surface area contributed by atoms with Gasteiger partial charge in [0, 0.05) is 0 Å². The molecule has 0 bridgehead atoms. The fourth-order valence-corrected chi connectivity index (χ4v) is 0.780. The van der Waals surface area contributed by atoms with Crippen molar-refractivity contribution in [2.75, 3.05) is 6.61 Å². The van der Waals surface area contributed by atoms with Crippen LogP contribution in [0.4, 0.5) is 0 Å². The van der Waals surface area contributed by atoms with Gasteiger partial charge in [-0.2, -0.15) is 5.26 Å². The summed E-state index contributed by atoms with van der Waals surface area (Å²) in [6.45, 7) is 6.34. The van der Waals surface area contributed by atoms with Gasteiger partial charge in [-0.3, -0.25) is 4.79 Å². The van der Waals surface area contributed by atoms with Gasteiger partial charge in [-0.05, 0) is 19.9 Å². The number of hydrogen-bond donors (Lipinski definition) is 1. The molecule has 0 saturated carbocycles. The first-order valence-corrected chi connectivity index (χ1v) is 4.43. The van der Waals surface area contributed by atoms with Crippen molar-refractivity contribution in [3.63, 3.8) is 0 Å². The van der Waals surface area contributed by atoms with Gasteiger partial charge in [-0.1, -0.05) is 6.58 Å². The highest BCUT2D eigenvalue weighted by atomic mass is 16.5. The summed E-state index contributed by atoms with van der Waals surface area (Å²) < 4.78 is 4.78. The van der Waals surface area contributed by atoms with Gasteiger partial charge in [-0.25, -0.2) is 4.79 Å². The number of nitrogens with one attached hydrogen (secondary N) is 1. The van der Waals surface area contributed by atoms with Crippen LogP contribution in [0.3, 0.4) is 0 Å². The van der Waals surface area contributed by atoms with E-state index in [1.165, 1.54) is 13.8 Å². The lowest BCUT2D eigenvalue weighted by atomic mass is 10.1. The maximum atomic E-state index is 11.4. The van der Waals surface area contributed by atoms with Crippen molar-refractivity contribution in [2.24, 2.45) is 0 Å². The average molecular weight is 210 g/mol. The molecule has 0 aliphatic carbocycles. The predicted octanol–water partition coefficient (Wildman–Crippen LogP) is 0.524.